The van der Waals surface area contributed by atoms with Gasteiger partial charge in [-0.25, -0.2) is 4.68 Å². The van der Waals surface area contributed by atoms with E-state index in [2.05, 4.69) is 27.4 Å². The highest BCUT2D eigenvalue weighted by molar-refractivity contribution is 6.31. The Bertz CT molecular complexity index is 823. The molecule has 2 aromatic heterocycles. The third-order valence-electron chi connectivity index (χ3n) is 3.37. The van der Waals surface area contributed by atoms with E-state index in [4.69, 9.17) is 16.0 Å². The lowest BCUT2D eigenvalue weighted by atomic mass is 10.1. The maximum Gasteiger partial charge on any atom is 0.243 e. The van der Waals surface area contributed by atoms with E-state index in [1.54, 1.807) is 10.8 Å². The molecule has 3 rings (SSSR count). The molecule has 0 saturated heterocycles. The molecule has 118 valence electrons. The molecule has 0 amide bonds. The van der Waals surface area contributed by atoms with Crippen molar-refractivity contribution in [3.63, 3.8) is 0 Å². The smallest absolute Gasteiger partial charge is 0.243 e. The minimum Gasteiger partial charge on any atom is -0.459 e. The molecule has 23 heavy (non-hydrogen) atoms. The van der Waals surface area contributed by atoms with Gasteiger partial charge in [-0.2, -0.15) is 0 Å². The fourth-order valence-corrected chi connectivity index (χ4v) is 2.30. The highest BCUT2D eigenvalue weighted by Crippen LogP contribution is 2.27. The van der Waals surface area contributed by atoms with Crippen molar-refractivity contribution < 1.29 is 4.42 Å². The summed E-state index contributed by atoms with van der Waals surface area (Å²) in [6.45, 7) is 6.67. The van der Waals surface area contributed by atoms with Crippen LogP contribution in [-0.4, -0.2) is 20.2 Å². The number of nitrogens with zero attached hydrogens (tertiary/aromatic N) is 4. The summed E-state index contributed by atoms with van der Waals surface area (Å²) in [5, 5.41) is 15.3. The molecule has 0 spiro atoms. The molecule has 0 aliphatic rings. The van der Waals surface area contributed by atoms with Gasteiger partial charge in [0, 0.05) is 10.6 Å². The van der Waals surface area contributed by atoms with Gasteiger partial charge in [-0.1, -0.05) is 34.9 Å². The first kappa shape index (κ1) is 15.3. The second-order valence-corrected chi connectivity index (χ2v) is 5.46. The maximum atomic E-state index is 6.16. The highest BCUT2D eigenvalue weighted by atomic mass is 35.5. The zero-order chi connectivity index (χ0) is 16.2. The monoisotopic (exact) mass is 329 g/mol. The van der Waals surface area contributed by atoms with Crippen LogP contribution < -0.4 is 5.32 Å². The van der Waals surface area contributed by atoms with Crippen molar-refractivity contribution in [3.05, 3.63) is 59.3 Å². The van der Waals surface area contributed by atoms with Gasteiger partial charge in [-0.05, 0) is 41.1 Å². The van der Waals surface area contributed by atoms with Crippen LogP contribution in [-0.2, 0) is 13.1 Å². The lowest BCUT2D eigenvalue weighted by Gasteiger charge is -2.04. The van der Waals surface area contributed by atoms with Crippen molar-refractivity contribution in [1.29, 1.82) is 0 Å². The summed E-state index contributed by atoms with van der Waals surface area (Å²) in [4.78, 5) is 0. The van der Waals surface area contributed by atoms with Crippen molar-refractivity contribution in [3.8, 4) is 11.3 Å². The van der Waals surface area contributed by atoms with Crippen LogP contribution in [0.25, 0.3) is 11.3 Å². The first-order chi connectivity index (χ1) is 11.2. The number of aryl methyl sites for hydroxylation is 1. The topological polar surface area (TPSA) is 68.8 Å². The predicted molar refractivity (Wildman–Crippen MR) is 89.2 cm³/mol. The largest absolute Gasteiger partial charge is 0.459 e. The van der Waals surface area contributed by atoms with Crippen molar-refractivity contribution in [2.45, 2.75) is 20.0 Å². The van der Waals surface area contributed by atoms with Gasteiger partial charge in [0.15, 0.2) is 0 Å². The number of anilines is 1. The molecule has 0 fully saturated rings. The Morgan fingerprint density at radius 3 is 3.00 bits per heavy atom. The molecule has 0 atom stereocenters. The Kier molecular flexibility index (Phi) is 4.43. The lowest BCUT2D eigenvalue weighted by Crippen LogP contribution is -2.07. The number of hydrogen-bond acceptors (Lipinski definition) is 5. The minimum atomic E-state index is 0.483. The average molecular weight is 330 g/mol. The Balaban J connectivity index is 1.70. The van der Waals surface area contributed by atoms with E-state index in [-0.39, 0.29) is 0 Å². The zero-order valence-electron chi connectivity index (χ0n) is 12.7. The number of aromatic nitrogens is 4. The first-order valence-electron chi connectivity index (χ1n) is 7.13. The van der Waals surface area contributed by atoms with Crippen LogP contribution >= 0.6 is 11.6 Å². The molecule has 0 bridgehead atoms. The summed E-state index contributed by atoms with van der Waals surface area (Å²) >= 11 is 6.16. The highest BCUT2D eigenvalue weighted by Gasteiger charge is 2.08. The summed E-state index contributed by atoms with van der Waals surface area (Å²) in [6.07, 6.45) is 1.73. The van der Waals surface area contributed by atoms with E-state index >= 15 is 0 Å². The molecule has 0 unspecified atom stereocenters. The molecule has 7 heteroatoms. The van der Waals surface area contributed by atoms with E-state index in [1.165, 1.54) is 0 Å². The van der Waals surface area contributed by atoms with Crippen LogP contribution in [0.3, 0.4) is 0 Å². The van der Waals surface area contributed by atoms with Gasteiger partial charge in [0.25, 0.3) is 0 Å². The predicted octanol–water partition coefficient (Wildman–Crippen LogP) is 3.69. The van der Waals surface area contributed by atoms with Crippen LogP contribution in [0, 0.1) is 6.92 Å². The number of hydrogen-bond donors (Lipinski definition) is 1. The standard InChI is InChI=1S/C16H16ClN5O/c1-3-8-22-16(19-20-21-22)18-10-13-6-7-15(23-13)12-5-4-11(2)14(17)9-12/h3-7,9H,1,8,10H2,2H3,(H,18,19,21). The zero-order valence-corrected chi connectivity index (χ0v) is 13.4. The molecule has 6 nitrogen and oxygen atoms in total. The molecule has 2 heterocycles. The van der Waals surface area contributed by atoms with Crippen LogP contribution in [0.1, 0.15) is 11.3 Å². The van der Waals surface area contributed by atoms with Gasteiger partial charge in [-0.3, -0.25) is 0 Å². The van der Waals surface area contributed by atoms with Gasteiger partial charge in [0.2, 0.25) is 5.95 Å². The number of nitrogens with one attached hydrogen (secondary N) is 1. The van der Waals surface area contributed by atoms with E-state index in [0.717, 1.165) is 27.7 Å². The number of allylic oxidation sites excluding steroid dienone is 1. The van der Waals surface area contributed by atoms with E-state index < -0.39 is 0 Å². The van der Waals surface area contributed by atoms with Crippen molar-refractivity contribution in [2.24, 2.45) is 0 Å². The normalized spacial score (nSPS) is 10.7. The van der Waals surface area contributed by atoms with Gasteiger partial charge < -0.3 is 9.73 Å². The first-order valence-corrected chi connectivity index (χ1v) is 7.51. The summed E-state index contributed by atoms with van der Waals surface area (Å²) < 4.78 is 7.47. The van der Waals surface area contributed by atoms with Gasteiger partial charge in [0.05, 0.1) is 13.1 Å². The van der Waals surface area contributed by atoms with E-state index in [9.17, 15) is 0 Å². The van der Waals surface area contributed by atoms with Crippen LogP contribution in [0.4, 0.5) is 5.95 Å². The summed E-state index contributed by atoms with van der Waals surface area (Å²) in [7, 11) is 0. The van der Waals surface area contributed by atoms with Crippen molar-refractivity contribution in [2.75, 3.05) is 5.32 Å². The number of rotatable bonds is 6. The fourth-order valence-electron chi connectivity index (χ4n) is 2.12. The molecule has 1 N–H and O–H groups in total. The van der Waals surface area contributed by atoms with Crippen molar-refractivity contribution in [1.82, 2.24) is 20.2 Å². The Hall–Kier alpha value is -2.60. The van der Waals surface area contributed by atoms with Gasteiger partial charge in [-0.15, -0.1) is 6.58 Å². The van der Waals surface area contributed by atoms with Crippen LogP contribution in [0.5, 0.6) is 0 Å². The molecular formula is C16H16ClN5O. The fraction of sp³-hybridized carbons (Fsp3) is 0.188. The minimum absolute atomic E-state index is 0.483. The SMILES string of the molecule is C=CCn1nnnc1NCc1ccc(-c2ccc(C)c(Cl)c2)o1. The Morgan fingerprint density at radius 2 is 2.22 bits per heavy atom. The summed E-state index contributed by atoms with van der Waals surface area (Å²) in [6, 6.07) is 9.70. The Labute approximate surface area is 138 Å². The number of halogens is 1. The van der Waals surface area contributed by atoms with Crippen molar-refractivity contribution >= 4 is 17.5 Å². The number of tetrazole rings is 1. The molecular weight excluding hydrogens is 314 g/mol. The summed E-state index contributed by atoms with van der Waals surface area (Å²) in [5.41, 5.74) is 1.99. The molecule has 0 aliphatic carbocycles. The van der Waals surface area contributed by atoms with E-state index in [0.29, 0.717) is 19.0 Å². The second-order valence-electron chi connectivity index (χ2n) is 5.06. The second kappa shape index (κ2) is 6.66. The number of benzene rings is 1. The average Bonchev–Trinajstić information content (AvgIpc) is 3.18. The van der Waals surface area contributed by atoms with Gasteiger partial charge in [0.1, 0.15) is 11.5 Å². The lowest BCUT2D eigenvalue weighted by molar-refractivity contribution is 0.529. The van der Waals surface area contributed by atoms with Crippen LogP contribution in [0.15, 0.2) is 47.4 Å². The maximum absolute atomic E-state index is 6.16. The van der Waals surface area contributed by atoms with E-state index in [1.807, 2.05) is 37.3 Å². The summed E-state index contributed by atoms with van der Waals surface area (Å²) in [5.74, 6) is 2.13. The third kappa shape index (κ3) is 3.43. The number of furan rings is 1. The Morgan fingerprint density at radius 1 is 1.35 bits per heavy atom. The molecule has 0 aliphatic heterocycles. The molecule has 0 saturated carbocycles. The molecule has 0 radical (unpaired) electrons. The quantitative estimate of drug-likeness (QED) is 0.698. The molecule has 3 aromatic rings. The van der Waals surface area contributed by atoms with Crippen LogP contribution in [0.2, 0.25) is 5.02 Å². The van der Waals surface area contributed by atoms with Gasteiger partial charge >= 0.3 is 0 Å². The third-order valence-corrected chi connectivity index (χ3v) is 3.78. The molecule has 1 aromatic carbocycles.